The van der Waals surface area contributed by atoms with Crippen molar-refractivity contribution in [1.82, 2.24) is 14.5 Å². The van der Waals surface area contributed by atoms with Crippen LogP contribution in [-0.2, 0) is 4.74 Å². The Labute approximate surface area is 169 Å². The molecule has 1 unspecified atom stereocenters. The Balaban J connectivity index is 1.83. The largest absolute Gasteiger partial charge is 0.335 e. The lowest BCUT2D eigenvalue weighted by Crippen LogP contribution is -2.20. The van der Waals surface area contributed by atoms with Crippen LogP contribution in [0.25, 0.3) is 43.6 Å². The van der Waals surface area contributed by atoms with Crippen LogP contribution in [0.5, 0.6) is 0 Å². The summed E-state index contributed by atoms with van der Waals surface area (Å²) in [6, 6.07) is 16.2. The standard InChI is InChI=1S/C24H15N3O3/c28-23-19-17-11-5-1-3-7-13(11)26-15-9-10-16(30-15)27-14-8-4-2-6-12(14)18(22(27)21(17)26)20(19)24(29)25-23/h1-8,15-16H,9-10H2,(H,25,28,29)/t15-,16?/m0/s1. The summed E-state index contributed by atoms with van der Waals surface area (Å²) in [5.74, 6) is -0.626. The first-order valence-electron chi connectivity index (χ1n) is 10.3. The maximum absolute atomic E-state index is 13.0. The third-order valence-electron chi connectivity index (χ3n) is 7.03. The minimum Gasteiger partial charge on any atom is -0.335 e. The first-order valence-corrected chi connectivity index (χ1v) is 10.3. The second-order valence-corrected chi connectivity index (χ2v) is 8.38. The van der Waals surface area contributed by atoms with Gasteiger partial charge in [-0.15, -0.1) is 0 Å². The highest BCUT2D eigenvalue weighted by atomic mass is 16.5. The van der Waals surface area contributed by atoms with Gasteiger partial charge in [-0.05, 0) is 25.0 Å². The summed E-state index contributed by atoms with van der Waals surface area (Å²) in [4.78, 5) is 26.0. The minimum atomic E-state index is -0.313. The lowest BCUT2D eigenvalue weighted by molar-refractivity contribution is -0.0229. The zero-order chi connectivity index (χ0) is 19.7. The molecule has 6 nitrogen and oxygen atoms in total. The minimum absolute atomic E-state index is 0.0857. The van der Waals surface area contributed by atoms with Crippen LogP contribution >= 0.6 is 0 Å². The molecule has 3 aliphatic heterocycles. The van der Waals surface area contributed by atoms with Crippen molar-refractivity contribution in [3.05, 3.63) is 59.7 Å². The number of rotatable bonds is 0. The van der Waals surface area contributed by atoms with Gasteiger partial charge in [0.25, 0.3) is 11.8 Å². The van der Waals surface area contributed by atoms with Crippen molar-refractivity contribution in [2.24, 2.45) is 0 Å². The Hall–Kier alpha value is -3.64. The molecule has 0 radical (unpaired) electrons. The van der Waals surface area contributed by atoms with Crippen LogP contribution in [0.15, 0.2) is 48.5 Å². The van der Waals surface area contributed by atoms with Gasteiger partial charge in [0, 0.05) is 21.5 Å². The molecule has 2 atom stereocenters. The van der Waals surface area contributed by atoms with E-state index in [9.17, 15) is 9.59 Å². The van der Waals surface area contributed by atoms with Crippen LogP contribution in [0, 0.1) is 0 Å². The summed E-state index contributed by atoms with van der Waals surface area (Å²) < 4.78 is 11.1. The second-order valence-electron chi connectivity index (χ2n) is 8.38. The van der Waals surface area contributed by atoms with Crippen molar-refractivity contribution >= 4 is 55.4 Å². The number of amides is 2. The zero-order valence-corrected chi connectivity index (χ0v) is 15.8. The zero-order valence-electron chi connectivity index (χ0n) is 15.8. The van der Waals surface area contributed by atoms with Gasteiger partial charge < -0.3 is 13.9 Å². The molecular formula is C24H15N3O3. The van der Waals surface area contributed by atoms with Crippen molar-refractivity contribution in [3.8, 4) is 0 Å². The summed E-state index contributed by atoms with van der Waals surface area (Å²) in [5.41, 5.74) is 5.07. The van der Waals surface area contributed by atoms with E-state index in [1.54, 1.807) is 0 Å². The topological polar surface area (TPSA) is 65.3 Å². The molecule has 1 N–H and O–H groups in total. The molecule has 0 saturated carbocycles. The number of hydrogen-bond acceptors (Lipinski definition) is 3. The third-order valence-corrected chi connectivity index (χ3v) is 7.03. The number of hydrogen-bond donors (Lipinski definition) is 1. The number of carbonyl (C=O) groups is 2. The van der Waals surface area contributed by atoms with E-state index in [2.05, 4.69) is 26.6 Å². The highest BCUT2D eigenvalue weighted by molar-refractivity contribution is 6.39. The highest BCUT2D eigenvalue weighted by Crippen LogP contribution is 2.52. The summed E-state index contributed by atoms with van der Waals surface area (Å²) in [6.45, 7) is 0. The maximum atomic E-state index is 13.0. The van der Waals surface area contributed by atoms with Gasteiger partial charge in [0.05, 0.1) is 33.2 Å². The average Bonchev–Trinajstić information content (AvgIpc) is 3.46. The van der Waals surface area contributed by atoms with Gasteiger partial charge >= 0.3 is 0 Å². The molecule has 1 fully saturated rings. The molecule has 2 amide bonds. The molecule has 6 heteroatoms. The van der Waals surface area contributed by atoms with Crippen molar-refractivity contribution in [2.45, 2.75) is 25.3 Å². The van der Waals surface area contributed by atoms with E-state index < -0.39 is 0 Å². The number of imide groups is 1. The van der Waals surface area contributed by atoms with Crippen molar-refractivity contribution in [1.29, 1.82) is 0 Å². The fourth-order valence-corrected chi connectivity index (χ4v) is 6.01. The van der Waals surface area contributed by atoms with Gasteiger partial charge in [-0.1, -0.05) is 36.4 Å². The number of fused-ring (bicyclic) bond motifs is 13. The number of benzene rings is 3. The smallest absolute Gasteiger partial charge is 0.259 e. The number of para-hydroxylation sites is 2. The Morgan fingerprint density at radius 3 is 1.70 bits per heavy atom. The Kier molecular flexibility index (Phi) is 2.41. The lowest BCUT2D eigenvalue weighted by atomic mass is 9.96. The van der Waals surface area contributed by atoms with Gasteiger partial charge in [-0.2, -0.15) is 0 Å². The third kappa shape index (κ3) is 1.46. The maximum Gasteiger partial charge on any atom is 0.259 e. The molecule has 3 aromatic carbocycles. The highest BCUT2D eigenvalue weighted by Gasteiger charge is 2.41. The molecule has 5 heterocycles. The van der Waals surface area contributed by atoms with Crippen LogP contribution in [0.2, 0.25) is 0 Å². The monoisotopic (exact) mass is 393 g/mol. The Bertz CT molecular complexity index is 1530. The number of ether oxygens (including phenoxy) is 1. The molecule has 30 heavy (non-hydrogen) atoms. The number of aromatic nitrogens is 2. The van der Waals surface area contributed by atoms with Crippen molar-refractivity contribution in [3.63, 3.8) is 0 Å². The van der Waals surface area contributed by atoms with Crippen LogP contribution in [0.1, 0.15) is 46.0 Å². The average molecular weight is 393 g/mol. The molecule has 144 valence electrons. The molecule has 8 rings (SSSR count). The van der Waals surface area contributed by atoms with E-state index in [4.69, 9.17) is 4.74 Å². The van der Waals surface area contributed by atoms with Gasteiger partial charge in [0.2, 0.25) is 0 Å². The van der Waals surface area contributed by atoms with E-state index in [0.29, 0.717) is 11.1 Å². The predicted molar refractivity (Wildman–Crippen MR) is 113 cm³/mol. The van der Waals surface area contributed by atoms with Crippen LogP contribution in [-0.4, -0.2) is 20.9 Å². The van der Waals surface area contributed by atoms with Gasteiger partial charge in [0.15, 0.2) is 0 Å². The molecule has 3 aliphatic rings. The Morgan fingerprint density at radius 2 is 1.20 bits per heavy atom. The van der Waals surface area contributed by atoms with E-state index in [1.165, 1.54) is 0 Å². The van der Waals surface area contributed by atoms with Crippen molar-refractivity contribution < 1.29 is 14.3 Å². The van der Waals surface area contributed by atoms with Crippen LogP contribution in [0.3, 0.4) is 0 Å². The molecule has 2 aromatic heterocycles. The molecule has 0 spiro atoms. The van der Waals surface area contributed by atoms with Gasteiger partial charge in [0.1, 0.15) is 12.5 Å². The summed E-state index contributed by atoms with van der Waals surface area (Å²) in [7, 11) is 0. The van der Waals surface area contributed by atoms with Crippen LogP contribution in [0.4, 0.5) is 0 Å². The van der Waals surface area contributed by atoms with E-state index in [1.807, 2.05) is 36.4 Å². The first kappa shape index (κ1) is 15.2. The van der Waals surface area contributed by atoms with E-state index in [0.717, 1.165) is 56.5 Å². The summed E-state index contributed by atoms with van der Waals surface area (Å²) in [5, 5.41) is 6.25. The molecule has 5 aromatic rings. The fraction of sp³-hybridized carbons (Fsp3) is 0.167. The van der Waals surface area contributed by atoms with E-state index >= 15 is 0 Å². The SMILES string of the molecule is O=C1NC(=O)c2c1c1c3ccccc3n3c1c1c2c2ccccc2n1[C@@H]1CCC3O1. The van der Waals surface area contributed by atoms with Gasteiger partial charge in [-0.25, -0.2) is 0 Å². The second kappa shape index (κ2) is 4.74. The molecule has 2 bridgehead atoms. The molecular weight excluding hydrogens is 378 g/mol. The summed E-state index contributed by atoms with van der Waals surface area (Å²) >= 11 is 0. The van der Waals surface area contributed by atoms with Gasteiger partial charge in [-0.3, -0.25) is 14.9 Å². The van der Waals surface area contributed by atoms with Crippen LogP contribution < -0.4 is 5.32 Å². The number of nitrogens with zero attached hydrogens (tertiary/aromatic N) is 2. The molecule has 0 aliphatic carbocycles. The normalized spacial score (nSPS) is 22.0. The van der Waals surface area contributed by atoms with Crippen molar-refractivity contribution in [2.75, 3.05) is 0 Å². The first-order chi connectivity index (χ1) is 14.7. The number of carbonyl (C=O) groups excluding carboxylic acids is 2. The van der Waals surface area contributed by atoms with E-state index in [-0.39, 0.29) is 24.3 Å². The summed E-state index contributed by atoms with van der Waals surface area (Å²) in [6.07, 6.45) is 1.65. The predicted octanol–water partition coefficient (Wildman–Crippen LogP) is 4.61. The Morgan fingerprint density at radius 1 is 0.733 bits per heavy atom. The quantitative estimate of drug-likeness (QED) is 0.391. The number of nitrogens with one attached hydrogen (secondary N) is 1. The molecule has 1 saturated heterocycles. The lowest BCUT2D eigenvalue weighted by Gasteiger charge is -2.15. The fourth-order valence-electron chi connectivity index (χ4n) is 6.01.